The second kappa shape index (κ2) is 18.3. The van der Waals surface area contributed by atoms with Gasteiger partial charge in [0.05, 0.1) is 18.8 Å². The maximum absolute atomic E-state index is 13.4. The van der Waals surface area contributed by atoms with Gasteiger partial charge in [-0.3, -0.25) is 4.79 Å². The molecule has 0 aromatic heterocycles. The monoisotopic (exact) mass is 649 g/mol. The Morgan fingerprint density at radius 1 is 1.07 bits per heavy atom. The minimum absolute atomic E-state index is 0.0884. The van der Waals surface area contributed by atoms with E-state index in [1.165, 1.54) is 4.90 Å². The van der Waals surface area contributed by atoms with Gasteiger partial charge in [-0.25, -0.2) is 9.59 Å². The average molecular weight is 650 g/mol. The number of aryl methyl sites for hydroxylation is 1. The summed E-state index contributed by atoms with van der Waals surface area (Å²) in [6.07, 6.45) is 0.00814. The van der Waals surface area contributed by atoms with Crippen molar-refractivity contribution in [1.29, 1.82) is 0 Å². The average Bonchev–Trinajstić information content (AvgIpc) is 3.42. The predicted molar refractivity (Wildman–Crippen MR) is 178 cm³/mol. The number of aliphatic hydroxyl groups excluding tert-OH is 1. The fourth-order valence-corrected chi connectivity index (χ4v) is 5.77. The van der Waals surface area contributed by atoms with E-state index >= 15 is 0 Å². The molecule has 0 spiro atoms. The number of amides is 3. The fraction of sp³-hybridized carbons (Fsp3) is 0.743. The molecule has 5 atom stereocenters. The van der Waals surface area contributed by atoms with Crippen LogP contribution in [0.3, 0.4) is 0 Å². The lowest BCUT2D eigenvalue weighted by Gasteiger charge is -2.33. The second-order valence-corrected chi connectivity index (χ2v) is 14.4. The van der Waals surface area contributed by atoms with E-state index in [4.69, 9.17) is 14.2 Å². The van der Waals surface area contributed by atoms with E-state index in [0.29, 0.717) is 39.0 Å². The summed E-state index contributed by atoms with van der Waals surface area (Å²) in [7, 11) is 1.67. The number of carbonyl (C=O) groups excluding carboxylic acids is 2. The third-order valence-electron chi connectivity index (χ3n) is 8.61. The van der Waals surface area contributed by atoms with Crippen LogP contribution in [0.1, 0.15) is 85.3 Å². The molecule has 11 nitrogen and oxygen atoms in total. The zero-order chi connectivity index (χ0) is 34.6. The Labute approximate surface area is 275 Å². The highest BCUT2D eigenvalue weighted by Gasteiger charge is 2.35. The molecule has 1 aromatic rings. The first-order valence-corrected chi connectivity index (χ1v) is 16.7. The van der Waals surface area contributed by atoms with Gasteiger partial charge < -0.3 is 40.0 Å². The third-order valence-corrected chi connectivity index (χ3v) is 8.61. The van der Waals surface area contributed by atoms with Gasteiger partial charge in [0, 0.05) is 45.2 Å². The highest BCUT2D eigenvalue weighted by atomic mass is 16.6. The third kappa shape index (κ3) is 13.4. The standard InChI is InChI=1S/C35H59N3O8/c1-22(2)26(17-25-12-11-24(5)31(18-25)45-16-10-15-44-9)19-29(37-33(41)46-35(6,7)8)30(39)20-28(23(3)4)32(40)36-27-13-14-38(21-27)34(42)43/h11-12,18,22-23,26-30,39H,10,13-17,19-21H2,1-9H3,(H,36,40)(H,37,41)(H,42,43). The molecule has 0 radical (unpaired) electrons. The first-order chi connectivity index (χ1) is 21.5. The number of hydrogen-bond donors (Lipinski definition) is 4. The minimum Gasteiger partial charge on any atom is -0.493 e. The van der Waals surface area contributed by atoms with E-state index in [-0.39, 0.29) is 42.7 Å². The number of carboxylic acid groups (broad SMARTS) is 1. The van der Waals surface area contributed by atoms with Crippen molar-refractivity contribution >= 4 is 18.1 Å². The van der Waals surface area contributed by atoms with Gasteiger partial charge in [0.15, 0.2) is 0 Å². The van der Waals surface area contributed by atoms with Crippen LogP contribution >= 0.6 is 0 Å². The molecule has 5 unspecified atom stereocenters. The Hall–Kier alpha value is -3.05. The number of carbonyl (C=O) groups is 3. The van der Waals surface area contributed by atoms with Crippen LogP contribution < -0.4 is 15.4 Å². The van der Waals surface area contributed by atoms with Crippen LogP contribution in [-0.2, 0) is 20.7 Å². The molecule has 1 heterocycles. The van der Waals surface area contributed by atoms with Crippen molar-refractivity contribution in [3.05, 3.63) is 29.3 Å². The summed E-state index contributed by atoms with van der Waals surface area (Å²) in [6.45, 7) is 17.3. The van der Waals surface area contributed by atoms with Crippen LogP contribution in [0.4, 0.5) is 9.59 Å². The molecule has 4 N–H and O–H groups in total. The van der Waals surface area contributed by atoms with Gasteiger partial charge in [0.25, 0.3) is 0 Å². The molecule has 1 fully saturated rings. The number of hydrogen-bond acceptors (Lipinski definition) is 7. The van der Waals surface area contributed by atoms with Crippen molar-refractivity contribution in [3.63, 3.8) is 0 Å². The van der Waals surface area contributed by atoms with Crippen LogP contribution in [0, 0.1) is 30.6 Å². The zero-order valence-corrected chi connectivity index (χ0v) is 29.4. The summed E-state index contributed by atoms with van der Waals surface area (Å²) in [5.41, 5.74) is 1.43. The van der Waals surface area contributed by atoms with Crippen molar-refractivity contribution < 1.29 is 38.8 Å². The molecular weight excluding hydrogens is 590 g/mol. The molecule has 1 aromatic carbocycles. The first-order valence-electron chi connectivity index (χ1n) is 16.7. The molecular formula is C35H59N3O8. The van der Waals surface area contributed by atoms with Gasteiger partial charge in [-0.05, 0) is 88.3 Å². The summed E-state index contributed by atoms with van der Waals surface area (Å²) in [4.78, 5) is 39.0. The van der Waals surface area contributed by atoms with Crippen molar-refractivity contribution in [3.8, 4) is 5.75 Å². The van der Waals surface area contributed by atoms with Gasteiger partial charge in [0.1, 0.15) is 11.4 Å². The van der Waals surface area contributed by atoms with E-state index in [1.54, 1.807) is 27.9 Å². The van der Waals surface area contributed by atoms with E-state index < -0.39 is 35.9 Å². The van der Waals surface area contributed by atoms with E-state index in [2.05, 4.69) is 42.7 Å². The number of likely N-dealkylation sites (tertiary alicyclic amines) is 1. The van der Waals surface area contributed by atoms with Gasteiger partial charge >= 0.3 is 12.2 Å². The lowest BCUT2D eigenvalue weighted by molar-refractivity contribution is -0.128. The summed E-state index contributed by atoms with van der Waals surface area (Å²) < 4.78 is 16.7. The summed E-state index contributed by atoms with van der Waals surface area (Å²) >= 11 is 0. The number of nitrogens with one attached hydrogen (secondary N) is 2. The quantitative estimate of drug-likeness (QED) is 0.164. The van der Waals surface area contributed by atoms with Crippen LogP contribution in [0.15, 0.2) is 18.2 Å². The topological polar surface area (TPSA) is 147 Å². The number of benzene rings is 1. The minimum atomic E-state index is -1.02. The smallest absolute Gasteiger partial charge is 0.407 e. The van der Waals surface area contributed by atoms with Crippen LogP contribution in [-0.4, -0.2) is 90.4 Å². The van der Waals surface area contributed by atoms with Gasteiger partial charge in [-0.2, -0.15) is 0 Å². The molecule has 0 bridgehead atoms. The van der Waals surface area contributed by atoms with E-state index in [9.17, 15) is 24.6 Å². The number of rotatable bonds is 17. The highest BCUT2D eigenvalue weighted by molar-refractivity contribution is 5.79. The predicted octanol–water partition coefficient (Wildman–Crippen LogP) is 5.40. The maximum atomic E-state index is 13.4. The van der Waals surface area contributed by atoms with Crippen molar-refractivity contribution in [1.82, 2.24) is 15.5 Å². The number of aliphatic hydroxyl groups is 1. The molecule has 0 saturated carbocycles. The van der Waals surface area contributed by atoms with E-state index in [0.717, 1.165) is 23.3 Å². The SMILES string of the molecule is COCCCOc1cc(CC(CC(NC(=O)OC(C)(C)C)C(O)CC(C(=O)NC2CCN(C(=O)O)C2)C(C)C)C(C)C)ccc1C. The van der Waals surface area contributed by atoms with Gasteiger partial charge in [0.2, 0.25) is 5.91 Å². The number of nitrogens with zero attached hydrogens (tertiary/aromatic N) is 1. The Kier molecular flexibility index (Phi) is 15.6. The fourth-order valence-electron chi connectivity index (χ4n) is 5.77. The molecule has 46 heavy (non-hydrogen) atoms. The number of methoxy groups -OCH3 is 1. The number of alkyl carbamates (subject to hydrolysis) is 1. The van der Waals surface area contributed by atoms with Crippen molar-refractivity contribution in [2.45, 2.75) is 111 Å². The molecule has 1 aliphatic heterocycles. The largest absolute Gasteiger partial charge is 0.493 e. The van der Waals surface area contributed by atoms with E-state index in [1.807, 2.05) is 20.8 Å². The Morgan fingerprint density at radius 3 is 2.33 bits per heavy atom. The summed E-state index contributed by atoms with van der Waals surface area (Å²) in [5.74, 6) is 0.296. The molecule has 3 amide bonds. The lowest BCUT2D eigenvalue weighted by atomic mass is 9.80. The molecule has 11 heteroatoms. The molecule has 2 rings (SSSR count). The van der Waals surface area contributed by atoms with Crippen LogP contribution in [0.2, 0.25) is 0 Å². The summed E-state index contributed by atoms with van der Waals surface area (Å²) in [5, 5.41) is 26.9. The molecule has 1 aliphatic rings. The Morgan fingerprint density at radius 2 is 1.76 bits per heavy atom. The van der Waals surface area contributed by atoms with Gasteiger partial charge in [-0.1, -0.05) is 39.8 Å². The zero-order valence-electron chi connectivity index (χ0n) is 29.4. The normalized spacial score (nSPS) is 17.8. The number of ether oxygens (including phenoxy) is 3. The lowest BCUT2D eigenvalue weighted by Crippen LogP contribution is -2.49. The Bertz CT molecular complexity index is 1120. The second-order valence-electron chi connectivity index (χ2n) is 14.4. The first kappa shape index (κ1) is 39.1. The van der Waals surface area contributed by atoms with Gasteiger partial charge in [-0.15, -0.1) is 0 Å². The van der Waals surface area contributed by atoms with Crippen molar-refractivity contribution in [2.24, 2.45) is 23.7 Å². The van der Waals surface area contributed by atoms with Crippen LogP contribution in [0.25, 0.3) is 0 Å². The molecule has 0 aliphatic carbocycles. The molecule has 262 valence electrons. The maximum Gasteiger partial charge on any atom is 0.407 e. The summed E-state index contributed by atoms with van der Waals surface area (Å²) in [6, 6.07) is 5.27. The Balaban J connectivity index is 2.23. The highest BCUT2D eigenvalue weighted by Crippen LogP contribution is 2.29. The molecule has 1 saturated heterocycles. The van der Waals surface area contributed by atoms with Crippen LogP contribution in [0.5, 0.6) is 5.75 Å². The van der Waals surface area contributed by atoms with Crippen molar-refractivity contribution in [2.75, 3.05) is 33.4 Å².